The molecule has 2 heterocycles. The Hall–Kier alpha value is -1.27. The van der Waals surface area contributed by atoms with E-state index in [0.717, 1.165) is 15.9 Å². The summed E-state index contributed by atoms with van der Waals surface area (Å²) in [6.07, 6.45) is 1.78. The minimum Gasteiger partial charge on any atom is -0.353 e. The van der Waals surface area contributed by atoms with Crippen LogP contribution in [0.15, 0.2) is 6.20 Å². The van der Waals surface area contributed by atoms with Crippen molar-refractivity contribution in [1.82, 2.24) is 14.3 Å². The number of hydrogen-bond acceptors (Lipinski definition) is 6. The molecule has 0 aliphatic carbocycles. The summed E-state index contributed by atoms with van der Waals surface area (Å²) in [6, 6.07) is 0. The molecule has 0 fully saturated rings. The van der Waals surface area contributed by atoms with E-state index in [0.29, 0.717) is 19.0 Å². The molecule has 0 atom stereocenters. The van der Waals surface area contributed by atoms with Crippen molar-refractivity contribution in [3.05, 3.63) is 11.9 Å². The second-order valence-corrected chi connectivity index (χ2v) is 3.69. The van der Waals surface area contributed by atoms with Crippen LogP contribution in [0, 0.1) is 6.92 Å². The van der Waals surface area contributed by atoms with Crippen molar-refractivity contribution in [2.75, 3.05) is 18.4 Å². The highest BCUT2D eigenvalue weighted by Crippen LogP contribution is 2.19. The molecule has 0 amide bonds. The van der Waals surface area contributed by atoms with Crippen molar-refractivity contribution in [3.63, 3.8) is 0 Å². The van der Waals surface area contributed by atoms with Crippen LogP contribution in [0.2, 0.25) is 0 Å². The number of fused-ring (bicyclic) bond motifs is 1. The van der Waals surface area contributed by atoms with E-state index < -0.39 is 0 Å². The second kappa shape index (κ2) is 3.85. The molecule has 2 rings (SSSR count). The topological polar surface area (TPSA) is 76.7 Å². The number of hydrogen-bond donors (Lipinski definition) is 2. The van der Waals surface area contributed by atoms with Crippen molar-refractivity contribution >= 4 is 27.7 Å². The Bertz CT molecular complexity index is 438. The second-order valence-electron chi connectivity index (χ2n) is 2.89. The largest absolute Gasteiger partial charge is 0.353 e. The molecule has 0 saturated heterocycles. The van der Waals surface area contributed by atoms with Crippen LogP contribution in [0.25, 0.3) is 10.2 Å². The van der Waals surface area contributed by atoms with Gasteiger partial charge in [-0.05, 0) is 18.5 Å². The van der Waals surface area contributed by atoms with Crippen LogP contribution in [-0.2, 0) is 0 Å². The molecule has 0 bridgehead atoms. The summed E-state index contributed by atoms with van der Waals surface area (Å²) in [5.41, 5.74) is 7.24. The number of nitrogens with two attached hydrogens (primary N) is 1. The van der Waals surface area contributed by atoms with Crippen LogP contribution in [0.1, 0.15) is 5.69 Å². The number of anilines is 1. The Morgan fingerprint density at radius 1 is 1.57 bits per heavy atom. The first-order chi connectivity index (χ1) is 6.81. The van der Waals surface area contributed by atoms with Gasteiger partial charge in [0.1, 0.15) is 5.52 Å². The van der Waals surface area contributed by atoms with Gasteiger partial charge in [0.15, 0.2) is 0 Å². The average Bonchev–Trinajstić information content (AvgIpc) is 2.57. The number of nitrogens with one attached hydrogen (secondary N) is 1. The zero-order valence-corrected chi connectivity index (χ0v) is 8.64. The van der Waals surface area contributed by atoms with E-state index in [-0.39, 0.29) is 0 Å². The summed E-state index contributed by atoms with van der Waals surface area (Å²) in [7, 11) is 0. The van der Waals surface area contributed by atoms with Gasteiger partial charge in [0.2, 0.25) is 5.95 Å². The third-order valence-electron chi connectivity index (χ3n) is 1.81. The summed E-state index contributed by atoms with van der Waals surface area (Å²) in [4.78, 5) is 8.49. The summed E-state index contributed by atoms with van der Waals surface area (Å²) < 4.78 is 5.22. The van der Waals surface area contributed by atoms with E-state index in [4.69, 9.17) is 5.73 Å². The molecule has 3 N–H and O–H groups in total. The molecule has 2 aromatic heterocycles. The van der Waals surface area contributed by atoms with Crippen molar-refractivity contribution < 1.29 is 0 Å². The third kappa shape index (κ3) is 1.66. The molecule has 5 nitrogen and oxygen atoms in total. The summed E-state index contributed by atoms with van der Waals surface area (Å²) in [5.74, 6) is 0.617. The van der Waals surface area contributed by atoms with E-state index in [9.17, 15) is 0 Å². The maximum Gasteiger partial charge on any atom is 0.223 e. The quantitative estimate of drug-likeness (QED) is 0.780. The zero-order valence-electron chi connectivity index (χ0n) is 7.82. The zero-order chi connectivity index (χ0) is 9.97. The first-order valence-electron chi connectivity index (χ1n) is 4.34. The number of nitrogens with zero attached hydrogens (tertiary/aromatic N) is 3. The molecule has 0 unspecified atom stereocenters. The molecule has 6 heteroatoms. The molecule has 0 aromatic carbocycles. The summed E-state index contributed by atoms with van der Waals surface area (Å²) >= 11 is 1.42. The maximum absolute atomic E-state index is 5.37. The normalized spacial score (nSPS) is 10.7. The Kier molecular flexibility index (Phi) is 2.55. The Morgan fingerprint density at radius 2 is 2.43 bits per heavy atom. The first kappa shape index (κ1) is 9.29. The lowest BCUT2D eigenvalue weighted by Crippen LogP contribution is -2.14. The van der Waals surface area contributed by atoms with Gasteiger partial charge in [0.25, 0.3) is 0 Å². The summed E-state index contributed by atoms with van der Waals surface area (Å²) in [5, 5.41) is 3.03. The highest BCUT2D eigenvalue weighted by Gasteiger charge is 2.04. The van der Waals surface area contributed by atoms with Gasteiger partial charge < -0.3 is 11.1 Å². The Balaban J connectivity index is 2.34. The number of aromatic nitrogens is 3. The lowest BCUT2D eigenvalue weighted by molar-refractivity contribution is 0.996. The highest BCUT2D eigenvalue weighted by molar-refractivity contribution is 7.13. The Morgan fingerprint density at radius 3 is 3.21 bits per heavy atom. The van der Waals surface area contributed by atoms with Crippen molar-refractivity contribution in [2.24, 2.45) is 5.73 Å². The lowest BCUT2D eigenvalue weighted by Gasteiger charge is -2.01. The van der Waals surface area contributed by atoms with Gasteiger partial charge in [0.05, 0.1) is 16.6 Å². The van der Waals surface area contributed by atoms with Gasteiger partial charge in [-0.1, -0.05) is 0 Å². The minimum absolute atomic E-state index is 0.572. The van der Waals surface area contributed by atoms with Crippen molar-refractivity contribution in [3.8, 4) is 0 Å². The van der Waals surface area contributed by atoms with E-state index >= 15 is 0 Å². The SMILES string of the molecule is Cc1nsc2cnc(NCCN)nc12. The van der Waals surface area contributed by atoms with Crippen LogP contribution < -0.4 is 11.1 Å². The fourth-order valence-electron chi connectivity index (χ4n) is 1.13. The van der Waals surface area contributed by atoms with Crippen LogP contribution in [0.5, 0.6) is 0 Å². The standard InChI is InChI=1S/C8H11N5S/c1-5-7-6(14-13-5)4-11-8(12-7)10-3-2-9/h4H,2-3,9H2,1H3,(H,10,11,12). The molecule has 0 aliphatic rings. The molecule has 0 saturated carbocycles. The molecular weight excluding hydrogens is 198 g/mol. The third-order valence-corrected chi connectivity index (χ3v) is 2.67. The van der Waals surface area contributed by atoms with Crippen LogP contribution >= 0.6 is 11.5 Å². The van der Waals surface area contributed by atoms with Crippen LogP contribution in [0.4, 0.5) is 5.95 Å². The molecule has 14 heavy (non-hydrogen) atoms. The van der Waals surface area contributed by atoms with Gasteiger partial charge in [0, 0.05) is 13.1 Å². The predicted octanol–water partition coefficient (Wildman–Crippen LogP) is 0.765. The number of aryl methyl sites for hydroxylation is 1. The van der Waals surface area contributed by atoms with Crippen molar-refractivity contribution in [1.29, 1.82) is 0 Å². The average molecular weight is 209 g/mol. The molecule has 0 radical (unpaired) electrons. The van der Waals surface area contributed by atoms with Crippen LogP contribution in [0.3, 0.4) is 0 Å². The molecule has 74 valence electrons. The minimum atomic E-state index is 0.572. The van der Waals surface area contributed by atoms with Gasteiger partial charge in [-0.2, -0.15) is 4.37 Å². The first-order valence-corrected chi connectivity index (χ1v) is 5.11. The molecular formula is C8H11N5S. The maximum atomic E-state index is 5.37. The van der Waals surface area contributed by atoms with E-state index in [1.807, 2.05) is 6.92 Å². The van der Waals surface area contributed by atoms with E-state index in [1.165, 1.54) is 11.5 Å². The lowest BCUT2D eigenvalue weighted by atomic mass is 10.4. The fraction of sp³-hybridized carbons (Fsp3) is 0.375. The van der Waals surface area contributed by atoms with E-state index in [2.05, 4.69) is 19.7 Å². The summed E-state index contributed by atoms with van der Waals surface area (Å²) in [6.45, 7) is 3.20. The van der Waals surface area contributed by atoms with Gasteiger partial charge >= 0.3 is 0 Å². The van der Waals surface area contributed by atoms with Gasteiger partial charge in [-0.15, -0.1) is 0 Å². The fourth-order valence-corrected chi connectivity index (χ4v) is 1.83. The highest BCUT2D eigenvalue weighted by atomic mass is 32.1. The van der Waals surface area contributed by atoms with Gasteiger partial charge in [-0.25, -0.2) is 9.97 Å². The smallest absolute Gasteiger partial charge is 0.223 e. The van der Waals surface area contributed by atoms with Crippen LogP contribution in [-0.4, -0.2) is 27.4 Å². The van der Waals surface area contributed by atoms with Gasteiger partial charge in [-0.3, -0.25) is 0 Å². The molecule has 0 aliphatic heterocycles. The van der Waals surface area contributed by atoms with Crippen molar-refractivity contribution in [2.45, 2.75) is 6.92 Å². The predicted molar refractivity (Wildman–Crippen MR) is 57.5 cm³/mol. The Labute approximate surface area is 85.5 Å². The molecule has 2 aromatic rings. The van der Waals surface area contributed by atoms with E-state index in [1.54, 1.807) is 6.20 Å². The monoisotopic (exact) mass is 209 g/mol. The number of rotatable bonds is 3. The molecule has 0 spiro atoms.